The van der Waals surface area contributed by atoms with E-state index in [4.69, 9.17) is 0 Å². The lowest BCUT2D eigenvalue weighted by molar-refractivity contribution is 0.753. The monoisotopic (exact) mass is 270 g/mol. The van der Waals surface area contributed by atoms with Crippen LogP contribution in [0.1, 0.15) is 29.9 Å². The van der Waals surface area contributed by atoms with Gasteiger partial charge in [-0.1, -0.05) is 0 Å². The molecule has 0 amide bonds. The van der Waals surface area contributed by atoms with Crippen molar-refractivity contribution < 1.29 is 0 Å². The molecule has 0 aliphatic carbocycles. The normalized spacial score (nSPS) is 12.8. The van der Waals surface area contributed by atoms with Crippen molar-refractivity contribution in [2.45, 2.75) is 26.8 Å². The fourth-order valence-corrected chi connectivity index (χ4v) is 2.39. The number of nitrogens with zero attached hydrogens (tertiary/aromatic N) is 5. The first-order valence-corrected chi connectivity index (χ1v) is 6.62. The van der Waals surface area contributed by atoms with Crippen LogP contribution < -0.4 is 5.32 Å². The topological polar surface area (TPSA) is 60.0 Å². The average molecular weight is 270 g/mol. The summed E-state index contributed by atoms with van der Waals surface area (Å²) in [5.74, 6) is 0.858. The lowest BCUT2D eigenvalue weighted by Gasteiger charge is -2.16. The van der Waals surface area contributed by atoms with Crippen LogP contribution in [0.4, 0.5) is 5.82 Å². The Labute approximate surface area is 117 Å². The molecule has 3 heterocycles. The van der Waals surface area contributed by atoms with Crippen LogP contribution in [-0.2, 0) is 7.05 Å². The van der Waals surface area contributed by atoms with Gasteiger partial charge in [0, 0.05) is 42.8 Å². The summed E-state index contributed by atoms with van der Waals surface area (Å²) in [6, 6.07) is 4.05. The highest BCUT2D eigenvalue weighted by Crippen LogP contribution is 2.21. The van der Waals surface area contributed by atoms with E-state index >= 15 is 0 Å². The van der Waals surface area contributed by atoms with E-state index < -0.39 is 0 Å². The Morgan fingerprint density at radius 3 is 2.75 bits per heavy atom. The summed E-state index contributed by atoms with van der Waals surface area (Å²) in [6.07, 6.45) is 3.83. The zero-order chi connectivity index (χ0) is 14.3. The molecule has 6 nitrogen and oxygen atoms in total. The van der Waals surface area contributed by atoms with Crippen LogP contribution >= 0.6 is 0 Å². The third-order valence-electron chi connectivity index (χ3n) is 3.43. The van der Waals surface area contributed by atoms with Crippen LogP contribution in [0.25, 0.3) is 5.65 Å². The minimum atomic E-state index is 0.117. The molecule has 6 heteroatoms. The first-order chi connectivity index (χ1) is 9.54. The van der Waals surface area contributed by atoms with Crippen molar-refractivity contribution in [3.63, 3.8) is 0 Å². The molecule has 0 aliphatic rings. The zero-order valence-corrected chi connectivity index (χ0v) is 12.1. The molecular formula is C14H18N6. The average Bonchev–Trinajstić information content (AvgIpc) is 2.95. The Bertz CT molecular complexity index is 754. The van der Waals surface area contributed by atoms with Crippen molar-refractivity contribution in [3.05, 3.63) is 41.5 Å². The number of aryl methyl sites for hydroxylation is 3. The second-order valence-corrected chi connectivity index (χ2v) is 5.10. The van der Waals surface area contributed by atoms with Gasteiger partial charge in [0.05, 0.1) is 11.7 Å². The summed E-state index contributed by atoms with van der Waals surface area (Å²) < 4.78 is 3.67. The van der Waals surface area contributed by atoms with E-state index in [9.17, 15) is 0 Å². The molecular weight excluding hydrogens is 252 g/mol. The molecule has 3 aromatic heterocycles. The van der Waals surface area contributed by atoms with Crippen molar-refractivity contribution in [3.8, 4) is 0 Å². The van der Waals surface area contributed by atoms with Gasteiger partial charge in [0.2, 0.25) is 0 Å². The van der Waals surface area contributed by atoms with Crippen molar-refractivity contribution in [2.75, 3.05) is 5.32 Å². The lowest BCUT2D eigenvalue weighted by Crippen LogP contribution is -2.12. The van der Waals surface area contributed by atoms with Gasteiger partial charge < -0.3 is 5.32 Å². The summed E-state index contributed by atoms with van der Waals surface area (Å²) >= 11 is 0. The number of nitrogens with one attached hydrogen (secondary N) is 1. The van der Waals surface area contributed by atoms with E-state index in [2.05, 4.69) is 34.3 Å². The molecule has 104 valence electrons. The zero-order valence-electron chi connectivity index (χ0n) is 12.1. The van der Waals surface area contributed by atoms with Gasteiger partial charge in [0.15, 0.2) is 5.65 Å². The van der Waals surface area contributed by atoms with Crippen LogP contribution in [0.5, 0.6) is 0 Å². The maximum absolute atomic E-state index is 4.47. The second-order valence-electron chi connectivity index (χ2n) is 5.10. The van der Waals surface area contributed by atoms with Crippen molar-refractivity contribution in [1.82, 2.24) is 24.4 Å². The van der Waals surface area contributed by atoms with Gasteiger partial charge in [-0.15, -0.1) is 0 Å². The highest BCUT2D eigenvalue weighted by Gasteiger charge is 2.13. The van der Waals surface area contributed by atoms with Crippen LogP contribution in [0.3, 0.4) is 0 Å². The molecule has 1 N–H and O–H groups in total. The number of rotatable bonds is 3. The third kappa shape index (κ3) is 2.13. The van der Waals surface area contributed by atoms with Gasteiger partial charge in [0.1, 0.15) is 5.82 Å². The first kappa shape index (κ1) is 12.7. The van der Waals surface area contributed by atoms with Crippen LogP contribution in [0.15, 0.2) is 24.5 Å². The molecule has 0 fully saturated rings. The van der Waals surface area contributed by atoms with Gasteiger partial charge in [-0.05, 0) is 20.8 Å². The standard InChI is InChI=1S/C14H18N6/c1-9-7-14-15-8-12(11(3)20(14)17-9)10(2)16-13-5-6-19(4)18-13/h5-8,10H,1-4H3,(H,16,18). The predicted octanol–water partition coefficient (Wildman–Crippen LogP) is 2.25. The van der Waals surface area contributed by atoms with Gasteiger partial charge in [-0.25, -0.2) is 9.50 Å². The molecule has 0 saturated carbocycles. The van der Waals surface area contributed by atoms with E-state index in [0.717, 1.165) is 28.4 Å². The SMILES string of the molecule is Cc1cc2ncc(C(C)Nc3ccn(C)n3)c(C)n2n1. The molecule has 20 heavy (non-hydrogen) atoms. The summed E-state index contributed by atoms with van der Waals surface area (Å²) in [7, 11) is 1.90. The van der Waals surface area contributed by atoms with Gasteiger partial charge in [-0.3, -0.25) is 4.68 Å². The minimum Gasteiger partial charge on any atom is -0.362 e. The van der Waals surface area contributed by atoms with E-state index in [-0.39, 0.29) is 6.04 Å². The molecule has 1 atom stereocenters. The number of fused-ring (bicyclic) bond motifs is 1. The fourth-order valence-electron chi connectivity index (χ4n) is 2.39. The molecule has 0 bridgehead atoms. The Hall–Kier alpha value is -2.37. The number of aromatic nitrogens is 5. The summed E-state index contributed by atoms with van der Waals surface area (Å²) in [5.41, 5.74) is 4.07. The smallest absolute Gasteiger partial charge is 0.155 e. The largest absolute Gasteiger partial charge is 0.362 e. The molecule has 3 aromatic rings. The maximum Gasteiger partial charge on any atom is 0.155 e. The third-order valence-corrected chi connectivity index (χ3v) is 3.43. The van der Waals surface area contributed by atoms with Gasteiger partial charge in [0.25, 0.3) is 0 Å². The minimum absolute atomic E-state index is 0.117. The van der Waals surface area contributed by atoms with Crippen LogP contribution in [-0.4, -0.2) is 24.4 Å². The predicted molar refractivity (Wildman–Crippen MR) is 77.7 cm³/mol. The molecule has 0 aliphatic heterocycles. The van der Waals surface area contributed by atoms with Gasteiger partial charge >= 0.3 is 0 Å². The van der Waals surface area contributed by atoms with E-state index in [1.165, 1.54) is 0 Å². The molecule has 0 saturated heterocycles. The van der Waals surface area contributed by atoms with E-state index in [0.29, 0.717) is 0 Å². The summed E-state index contributed by atoms with van der Waals surface area (Å²) in [4.78, 5) is 4.47. The highest BCUT2D eigenvalue weighted by atomic mass is 15.3. The summed E-state index contributed by atoms with van der Waals surface area (Å²) in [5, 5.41) is 12.2. The summed E-state index contributed by atoms with van der Waals surface area (Å²) in [6.45, 7) is 6.14. The first-order valence-electron chi connectivity index (χ1n) is 6.62. The van der Waals surface area contributed by atoms with Gasteiger partial charge in [-0.2, -0.15) is 10.2 Å². The van der Waals surface area contributed by atoms with E-state index in [1.54, 1.807) is 4.68 Å². The number of anilines is 1. The second kappa shape index (κ2) is 4.63. The van der Waals surface area contributed by atoms with Crippen molar-refractivity contribution in [1.29, 1.82) is 0 Å². The Kier molecular flexibility index (Phi) is 2.93. The molecule has 0 radical (unpaired) electrons. The Balaban J connectivity index is 1.94. The molecule has 0 spiro atoms. The maximum atomic E-state index is 4.47. The van der Waals surface area contributed by atoms with Crippen molar-refractivity contribution >= 4 is 11.5 Å². The van der Waals surface area contributed by atoms with E-state index in [1.807, 2.05) is 43.0 Å². The highest BCUT2D eigenvalue weighted by molar-refractivity contribution is 5.44. The van der Waals surface area contributed by atoms with Crippen LogP contribution in [0.2, 0.25) is 0 Å². The lowest BCUT2D eigenvalue weighted by atomic mass is 10.1. The van der Waals surface area contributed by atoms with Crippen molar-refractivity contribution in [2.24, 2.45) is 7.05 Å². The fraction of sp³-hybridized carbons (Fsp3) is 0.357. The Morgan fingerprint density at radius 2 is 2.05 bits per heavy atom. The Morgan fingerprint density at radius 1 is 1.25 bits per heavy atom. The molecule has 1 unspecified atom stereocenters. The van der Waals surface area contributed by atoms with Crippen LogP contribution in [0, 0.1) is 13.8 Å². The number of hydrogen-bond acceptors (Lipinski definition) is 4. The molecule has 3 rings (SSSR count). The molecule has 0 aromatic carbocycles. The quantitative estimate of drug-likeness (QED) is 0.793. The number of hydrogen-bond donors (Lipinski definition) is 1.